The summed E-state index contributed by atoms with van der Waals surface area (Å²) in [5.74, 6) is 0.755. The number of nitrogens with zero attached hydrogens (tertiary/aromatic N) is 1. The van der Waals surface area contributed by atoms with E-state index in [1.807, 2.05) is 24.3 Å². The largest absolute Gasteiger partial charge is 0.333 e. The van der Waals surface area contributed by atoms with Gasteiger partial charge in [-0.05, 0) is 56.7 Å². The Morgan fingerprint density at radius 2 is 2.05 bits per heavy atom. The molecule has 3 atom stereocenters. The highest BCUT2D eigenvalue weighted by atomic mass is 35.5. The molecule has 1 aromatic carbocycles. The molecular formula is C18H25ClN2O. The van der Waals surface area contributed by atoms with Crippen LogP contribution >= 0.6 is 11.6 Å². The van der Waals surface area contributed by atoms with Gasteiger partial charge in [0.1, 0.15) is 0 Å². The fourth-order valence-corrected chi connectivity index (χ4v) is 4.13. The first-order valence-electron chi connectivity index (χ1n) is 8.40. The van der Waals surface area contributed by atoms with Gasteiger partial charge in [-0.1, -0.05) is 36.2 Å². The molecule has 3 rings (SSSR count). The van der Waals surface area contributed by atoms with Crippen molar-refractivity contribution in [2.24, 2.45) is 17.6 Å². The quantitative estimate of drug-likeness (QED) is 0.897. The Balaban J connectivity index is 1.84. The van der Waals surface area contributed by atoms with Crippen LogP contribution in [0, 0.1) is 11.8 Å². The predicted octanol–water partition coefficient (Wildman–Crippen LogP) is 3.77. The van der Waals surface area contributed by atoms with Crippen LogP contribution in [0.3, 0.4) is 0 Å². The predicted molar refractivity (Wildman–Crippen MR) is 89.6 cm³/mol. The second kappa shape index (κ2) is 6.59. The molecule has 2 aliphatic rings. The summed E-state index contributed by atoms with van der Waals surface area (Å²) in [7, 11) is 0. The monoisotopic (exact) mass is 320 g/mol. The molecule has 0 aliphatic heterocycles. The summed E-state index contributed by atoms with van der Waals surface area (Å²) in [5, 5.41) is 0.746. The molecule has 0 heterocycles. The van der Waals surface area contributed by atoms with Crippen molar-refractivity contribution in [3.8, 4) is 0 Å². The molecule has 2 N–H and O–H groups in total. The minimum atomic E-state index is 0.0349. The van der Waals surface area contributed by atoms with Gasteiger partial charge in [0.05, 0.1) is 6.04 Å². The molecule has 2 fully saturated rings. The summed E-state index contributed by atoms with van der Waals surface area (Å²) < 4.78 is 0. The lowest BCUT2D eigenvalue weighted by molar-refractivity contribution is -0.139. The van der Waals surface area contributed by atoms with E-state index in [4.69, 9.17) is 17.3 Å². The number of rotatable bonds is 5. The molecular weight excluding hydrogens is 296 g/mol. The number of halogens is 1. The molecule has 2 saturated carbocycles. The van der Waals surface area contributed by atoms with Crippen molar-refractivity contribution in [3.63, 3.8) is 0 Å². The van der Waals surface area contributed by atoms with Gasteiger partial charge in [-0.15, -0.1) is 0 Å². The lowest BCUT2D eigenvalue weighted by Gasteiger charge is -2.34. The fourth-order valence-electron chi connectivity index (χ4n) is 3.84. The first-order valence-corrected chi connectivity index (χ1v) is 8.78. The summed E-state index contributed by atoms with van der Waals surface area (Å²) in [5.41, 5.74) is 6.92. The van der Waals surface area contributed by atoms with E-state index in [9.17, 15) is 4.79 Å². The van der Waals surface area contributed by atoms with Gasteiger partial charge < -0.3 is 10.6 Å². The van der Waals surface area contributed by atoms with Gasteiger partial charge in [-0.2, -0.15) is 0 Å². The van der Waals surface area contributed by atoms with Gasteiger partial charge in [-0.25, -0.2) is 0 Å². The van der Waals surface area contributed by atoms with Crippen LogP contribution in [-0.2, 0) is 4.79 Å². The first kappa shape index (κ1) is 15.8. The Labute approximate surface area is 137 Å². The highest BCUT2D eigenvalue weighted by Gasteiger charge is 2.42. The summed E-state index contributed by atoms with van der Waals surface area (Å²) >= 11 is 6.35. The maximum absolute atomic E-state index is 13.1. The summed E-state index contributed by atoms with van der Waals surface area (Å²) in [6.45, 7) is 2.72. The van der Waals surface area contributed by atoms with Crippen LogP contribution in [0.2, 0.25) is 5.02 Å². The molecule has 0 radical (unpaired) electrons. The van der Waals surface area contributed by atoms with Crippen LogP contribution in [-0.4, -0.2) is 23.4 Å². The molecule has 22 heavy (non-hydrogen) atoms. The minimum absolute atomic E-state index is 0.0349. The second-order valence-corrected chi connectivity index (χ2v) is 7.11. The van der Waals surface area contributed by atoms with Crippen LogP contribution in [0.25, 0.3) is 0 Å². The number of nitrogens with two attached hydrogens (primary N) is 1. The molecule has 1 amide bonds. The van der Waals surface area contributed by atoms with Crippen molar-refractivity contribution in [2.75, 3.05) is 6.54 Å². The Morgan fingerprint density at radius 1 is 1.32 bits per heavy atom. The molecule has 120 valence electrons. The van der Waals surface area contributed by atoms with Crippen LogP contribution in [0.4, 0.5) is 0 Å². The number of hydrogen-bond acceptors (Lipinski definition) is 2. The van der Waals surface area contributed by atoms with E-state index in [2.05, 4.69) is 11.8 Å². The van der Waals surface area contributed by atoms with Crippen molar-refractivity contribution in [1.82, 2.24) is 4.90 Å². The van der Waals surface area contributed by atoms with Crippen molar-refractivity contribution >= 4 is 17.5 Å². The van der Waals surface area contributed by atoms with Crippen molar-refractivity contribution in [1.29, 1.82) is 0 Å². The smallest absolute Gasteiger partial charge is 0.226 e. The molecule has 2 aliphatic carbocycles. The molecule has 0 aromatic heterocycles. The van der Waals surface area contributed by atoms with Crippen LogP contribution in [0.15, 0.2) is 24.3 Å². The number of benzene rings is 1. The van der Waals surface area contributed by atoms with Gasteiger partial charge in [0, 0.05) is 17.0 Å². The molecule has 1 aromatic rings. The Kier molecular flexibility index (Phi) is 4.74. The van der Waals surface area contributed by atoms with Gasteiger partial charge in [-0.3, -0.25) is 4.79 Å². The van der Waals surface area contributed by atoms with Crippen LogP contribution in [0.1, 0.15) is 50.6 Å². The lowest BCUT2D eigenvalue weighted by atomic mass is 9.93. The van der Waals surface area contributed by atoms with E-state index in [1.165, 1.54) is 0 Å². The van der Waals surface area contributed by atoms with E-state index >= 15 is 0 Å². The van der Waals surface area contributed by atoms with Gasteiger partial charge in [0.2, 0.25) is 5.91 Å². The molecule has 0 spiro atoms. The van der Waals surface area contributed by atoms with Crippen molar-refractivity contribution in [3.05, 3.63) is 34.9 Å². The summed E-state index contributed by atoms with van der Waals surface area (Å²) in [6, 6.07) is 8.28. The minimum Gasteiger partial charge on any atom is -0.333 e. The highest BCUT2D eigenvalue weighted by Crippen LogP contribution is 2.41. The maximum atomic E-state index is 13.1. The third kappa shape index (κ3) is 3.02. The number of hydrogen-bond donors (Lipinski definition) is 1. The average molecular weight is 321 g/mol. The maximum Gasteiger partial charge on any atom is 0.226 e. The van der Waals surface area contributed by atoms with Crippen LogP contribution in [0.5, 0.6) is 0 Å². The Hall–Kier alpha value is -1.06. The average Bonchev–Trinajstić information content (AvgIpc) is 3.23. The van der Waals surface area contributed by atoms with Gasteiger partial charge in [0.15, 0.2) is 0 Å². The first-order chi connectivity index (χ1) is 10.6. The number of carbonyl (C=O) groups is 1. The Morgan fingerprint density at radius 3 is 2.68 bits per heavy atom. The molecule has 3 nitrogen and oxygen atoms in total. The summed E-state index contributed by atoms with van der Waals surface area (Å²) in [4.78, 5) is 15.2. The van der Waals surface area contributed by atoms with Crippen LogP contribution < -0.4 is 5.73 Å². The lowest BCUT2D eigenvalue weighted by Crippen LogP contribution is -2.42. The molecule has 4 heteroatoms. The fraction of sp³-hybridized carbons (Fsp3) is 0.611. The van der Waals surface area contributed by atoms with E-state index in [0.717, 1.165) is 42.7 Å². The topological polar surface area (TPSA) is 46.3 Å². The summed E-state index contributed by atoms with van der Waals surface area (Å²) in [6.07, 6.45) is 5.42. The molecule has 0 saturated heterocycles. The van der Waals surface area contributed by atoms with E-state index < -0.39 is 0 Å². The second-order valence-electron chi connectivity index (χ2n) is 6.71. The Bertz CT molecular complexity index is 544. The van der Waals surface area contributed by atoms with Crippen molar-refractivity contribution in [2.45, 2.75) is 51.1 Å². The van der Waals surface area contributed by atoms with Gasteiger partial charge in [0.25, 0.3) is 0 Å². The molecule has 1 unspecified atom stereocenters. The zero-order chi connectivity index (χ0) is 15.7. The van der Waals surface area contributed by atoms with E-state index in [1.54, 1.807) is 0 Å². The third-order valence-corrected chi connectivity index (χ3v) is 5.59. The van der Waals surface area contributed by atoms with E-state index in [0.29, 0.717) is 24.4 Å². The zero-order valence-electron chi connectivity index (χ0n) is 13.2. The standard InChI is InChI=1S/C18H25ClN2O/c1-12(15-6-2-3-8-17(15)19)21(14-9-10-14)18(22)16-7-4-5-13(16)11-20/h2-3,6,8,12-14,16H,4-5,7,9-11,20H2,1H3/t12?,13-,16-/m1/s1. The number of amides is 1. The highest BCUT2D eigenvalue weighted by molar-refractivity contribution is 6.31. The van der Waals surface area contributed by atoms with Crippen molar-refractivity contribution < 1.29 is 4.79 Å². The zero-order valence-corrected chi connectivity index (χ0v) is 13.9. The molecule has 0 bridgehead atoms. The number of carbonyl (C=O) groups excluding carboxylic acids is 1. The third-order valence-electron chi connectivity index (χ3n) is 5.25. The normalized spacial score (nSPS) is 26.0. The van der Waals surface area contributed by atoms with E-state index in [-0.39, 0.29) is 12.0 Å². The SMILES string of the molecule is CC(c1ccccc1Cl)N(C(=O)[C@@H]1CCC[C@@H]1CN)C1CC1. The van der Waals surface area contributed by atoms with Gasteiger partial charge >= 0.3 is 0 Å².